The van der Waals surface area contributed by atoms with Crippen LogP contribution in [0.15, 0.2) is 0 Å². The van der Waals surface area contributed by atoms with Gasteiger partial charge in [0, 0.05) is 0 Å². The highest BCUT2D eigenvalue weighted by Crippen LogP contribution is 2.42. The summed E-state index contributed by atoms with van der Waals surface area (Å²) < 4.78 is 26.6. The fourth-order valence-corrected chi connectivity index (χ4v) is 2.04. The Kier molecular flexibility index (Phi) is 2.28. The minimum Gasteiger partial charge on any atom is -0.392 e. The van der Waals surface area contributed by atoms with Crippen molar-refractivity contribution in [2.75, 3.05) is 13.1 Å². The Morgan fingerprint density at radius 3 is 2.54 bits per heavy atom. The van der Waals surface area contributed by atoms with Crippen LogP contribution in [-0.4, -0.2) is 30.2 Å². The van der Waals surface area contributed by atoms with Gasteiger partial charge in [-0.25, -0.2) is 8.78 Å². The van der Waals surface area contributed by atoms with E-state index in [9.17, 15) is 13.9 Å². The molecule has 0 bridgehead atoms. The predicted octanol–water partition coefficient (Wildman–Crippen LogP) is 1.00. The molecule has 76 valence electrons. The van der Waals surface area contributed by atoms with E-state index < -0.39 is 17.9 Å². The van der Waals surface area contributed by atoms with Crippen molar-refractivity contribution in [1.29, 1.82) is 0 Å². The third-order valence-electron chi connectivity index (χ3n) is 3.05. The van der Waals surface area contributed by atoms with Crippen molar-refractivity contribution in [2.45, 2.75) is 31.3 Å². The van der Waals surface area contributed by atoms with Gasteiger partial charge < -0.3 is 10.4 Å². The standard InChI is InChI=1S/C9H15F2NO/c10-9(11)5-12-4-3-7(9)8(13)6-1-2-6/h6-8,12-13H,1-5H2. The monoisotopic (exact) mass is 191 g/mol. The number of piperidine rings is 1. The van der Waals surface area contributed by atoms with Crippen LogP contribution in [0.3, 0.4) is 0 Å². The fourth-order valence-electron chi connectivity index (χ4n) is 2.04. The molecule has 2 N–H and O–H groups in total. The number of hydrogen-bond donors (Lipinski definition) is 2. The number of aliphatic hydroxyl groups excluding tert-OH is 1. The zero-order valence-electron chi connectivity index (χ0n) is 7.47. The second-order valence-electron chi connectivity index (χ2n) is 4.16. The normalized spacial score (nSPS) is 35.8. The maximum Gasteiger partial charge on any atom is 0.265 e. The Labute approximate surface area is 76.3 Å². The molecule has 1 aliphatic carbocycles. The summed E-state index contributed by atoms with van der Waals surface area (Å²) in [6, 6.07) is 0. The molecule has 2 fully saturated rings. The van der Waals surface area contributed by atoms with Crippen LogP contribution < -0.4 is 5.32 Å². The summed E-state index contributed by atoms with van der Waals surface area (Å²) in [6.45, 7) is 0.325. The number of aliphatic hydroxyl groups is 1. The first-order chi connectivity index (χ1) is 6.11. The number of halogens is 2. The van der Waals surface area contributed by atoms with Gasteiger partial charge in [0.25, 0.3) is 5.92 Å². The van der Waals surface area contributed by atoms with Gasteiger partial charge in [0.05, 0.1) is 18.6 Å². The summed E-state index contributed by atoms with van der Waals surface area (Å²) in [5, 5.41) is 12.3. The average Bonchev–Trinajstić information content (AvgIpc) is 2.84. The molecule has 1 saturated carbocycles. The third-order valence-corrected chi connectivity index (χ3v) is 3.05. The third kappa shape index (κ3) is 1.83. The summed E-state index contributed by atoms with van der Waals surface area (Å²) in [5.74, 6) is -3.39. The number of nitrogens with one attached hydrogen (secondary N) is 1. The van der Waals surface area contributed by atoms with Crippen molar-refractivity contribution in [3.8, 4) is 0 Å². The molecule has 2 rings (SSSR count). The average molecular weight is 191 g/mol. The van der Waals surface area contributed by atoms with Gasteiger partial charge in [-0.2, -0.15) is 0 Å². The maximum absolute atomic E-state index is 13.3. The van der Waals surface area contributed by atoms with E-state index in [1.54, 1.807) is 0 Å². The molecule has 1 saturated heterocycles. The molecule has 0 aromatic heterocycles. The minimum atomic E-state index is -2.72. The van der Waals surface area contributed by atoms with Crippen molar-refractivity contribution < 1.29 is 13.9 Å². The van der Waals surface area contributed by atoms with Gasteiger partial charge in [0.1, 0.15) is 0 Å². The Hall–Kier alpha value is -0.220. The van der Waals surface area contributed by atoms with Crippen LogP contribution >= 0.6 is 0 Å². The largest absolute Gasteiger partial charge is 0.392 e. The minimum absolute atomic E-state index is 0.147. The van der Waals surface area contributed by atoms with Gasteiger partial charge >= 0.3 is 0 Å². The van der Waals surface area contributed by atoms with Crippen LogP contribution in [0.4, 0.5) is 8.78 Å². The van der Waals surface area contributed by atoms with E-state index >= 15 is 0 Å². The number of rotatable bonds is 2. The van der Waals surface area contributed by atoms with Crippen LogP contribution in [0.5, 0.6) is 0 Å². The Morgan fingerprint density at radius 1 is 1.31 bits per heavy atom. The Bertz CT molecular complexity index is 194. The molecule has 0 spiro atoms. The van der Waals surface area contributed by atoms with E-state index in [0.29, 0.717) is 13.0 Å². The highest BCUT2D eigenvalue weighted by molar-refractivity contribution is 4.94. The van der Waals surface area contributed by atoms with Crippen molar-refractivity contribution in [2.24, 2.45) is 11.8 Å². The van der Waals surface area contributed by atoms with Crippen molar-refractivity contribution in [3.05, 3.63) is 0 Å². The van der Waals surface area contributed by atoms with E-state index in [-0.39, 0.29) is 12.5 Å². The zero-order valence-corrected chi connectivity index (χ0v) is 7.47. The summed E-state index contributed by atoms with van der Waals surface area (Å²) in [7, 11) is 0. The van der Waals surface area contributed by atoms with E-state index in [1.807, 2.05) is 0 Å². The van der Waals surface area contributed by atoms with Crippen LogP contribution in [0.2, 0.25) is 0 Å². The predicted molar refractivity (Wildman–Crippen MR) is 44.7 cm³/mol. The van der Waals surface area contributed by atoms with Crippen LogP contribution in [0, 0.1) is 11.8 Å². The molecule has 0 amide bonds. The number of alkyl halides is 2. The molecule has 2 aliphatic rings. The molecule has 2 unspecified atom stereocenters. The van der Waals surface area contributed by atoms with Gasteiger partial charge in [0.2, 0.25) is 0 Å². The molecule has 0 aromatic rings. The Balaban J connectivity index is 2.01. The van der Waals surface area contributed by atoms with Gasteiger partial charge in [-0.05, 0) is 31.7 Å². The maximum atomic E-state index is 13.3. The number of hydrogen-bond acceptors (Lipinski definition) is 2. The zero-order chi connectivity index (χ0) is 9.47. The summed E-state index contributed by atoms with van der Waals surface area (Å²) >= 11 is 0. The van der Waals surface area contributed by atoms with Gasteiger partial charge in [-0.1, -0.05) is 0 Å². The van der Waals surface area contributed by atoms with Crippen molar-refractivity contribution >= 4 is 0 Å². The first kappa shape index (κ1) is 9.34. The molecular formula is C9H15F2NO. The molecule has 13 heavy (non-hydrogen) atoms. The van der Waals surface area contributed by atoms with E-state index in [1.165, 1.54) is 0 Å². The van der Waals surface area contributed by atoms with Crippen molar-refractivity contribution in [3.63, 3.8) is 0 Å². The summed E-state index contributed by atoms with van der Waals surface area (Å²) in [5.41, 5.74) is 0. The lowest BCUT2D eigenvalue weighted by molar-refractivity contribution is -0.121. The lowest BCUT2D eigenvalue weighted by atomic mass is 9.86. The first-order valence-electron chi connectivity index (χ1n) is 4.88. The molecule has 1 aliphatic heterocycles. The second kappa shape index (κ2) is 3.17. The summed E-state index contributed by atoms with van der Waals surface area (Å²) in [6.07, 6.45) is 1.45. The van der Waals surface area contributed by atoms with Gasteiger partial charge in [-0.15, -0.1) is 0 Å². The topological polar surface area (TPSA) is 32.3 Å². The molecule has 2 atom stereocenters. The van der Waals surface area contributed by atoms with Crippen LogP contribution in [0.1, 0.15) is 19.3 Å². The molecular weight excluding hydrogens is 176 g/mol. The molecule has 4 heteroatoms. The molecule has 1 heterocycles. The fraction of sp³-hybridized carbons (Fsp3) is 1.00. The van der Waals surface area contributed by atoms with E-state index in [2.05, 4.69) is 5.32 Å². The van der Waals surface area contributed by atoms with Gasteiger partial charge in [0.15, 0.2) is 0 Å². The molecule has 0 radical (unpaired) electrons. The van der Waals surface area contributed by atoms with Gasteiger partial charge in [-0.3, -0.25) is 0 Å². The van der Waals surface area contributed by atoms with Crippen LogP contribution in [-0.2, 0) is 0 Å². The first-order valence-corrected chi connectivity index (χ1v) is 4.88. The molecule has 2 nitrogen and oxygen atoms in total. The SMILES string of the molecule is OC(C1CC1)C1CCNCC1(F)F. The Morgan fingerprint density at radius 2 is 2.00 bits per heavy atom. The van der Waals surface area contributed by atoms with Crippen molar-refractivity contribution in [1.82, 2.24) is 5.32 Å². The molecule has 0 aromatic carbocycles. The van der Waals surface area contributed by atoms with Crippen LogP contribution in [0.25, 0.3) is 0 Å². The highest BCUT2D eigenvalue weighted by Gasteiger charge is 2.49. The smallest absolute Gasteiger partial charge is 0.265 e. The summed E-state index contributed by atoms with van der Waals surface area (Å²) in [4.78, 5) is 0. The van der Waals surface area contributed by atoms with E-state index in [0.717, 1.165) is 12.8 Å². The lowest BCUT2D eigenvalue weighted by Gasteiger charge is -2.35. The lowest BCUT2D eigenvalue weighted by Crippen LogP contribution is -2.50. The highest BCUT2D eigenvalue weighted by atomic mass is 19.3. The van der Waals surface area contributed by atoms with E-state index in [4.69, 9.17) is 0 Å². The second-order valence-corrected chi connectivity index (χ2v) is 4.16. The quantitative estimate of drug-likeness (QED) is 0.682.